The zero-order valence-corrected chi connectivity index (χ0v) is 19.9. The topological polar surface area (TPSA) is 39.7 Å². The van der Waals surface area contributed by atoms with Crippen LogP contribution in [0.25, 0.3) is 0 Å². The zero-order chi connectivity index (χ0) is 18.2. The van der Waals surface area contributed by atoms with Gasteiger partial charge in [0.25, 0.3) is 0 Å². The number of aliphatic imine (C=N–C) groups is 1. The van der Waals surface area contributed by atoms with E-state index in [1.807, 2.05) is 18.8 Å². The molecule has 1 saturated heterocycles. The van der Waals surface area contributed by atoms with Gasteiger partial charge in [0.15, 0.2) is 5.96 Å². The molecule has 0 atom stereocenters. The van der Waals surface area contributed by atoms with Gasteiger partial charge in [0.05, 0.1) is 0 Å². The van der Waals surface area contributed by atoms with Gasteiger partial charge in [0.1, 0.15) is 0 Å². The van der Waals surface area contributed by atoms with E-state index in [0.717, 1.165) is 25.0 Å². The number of nitrogens with zero attached hydrogens (tertiary/aromatic N) is 2. The molecule has 4 nitrogen and oxygen atoms in total. The number of piperidine rings is 1. The summed E-state index contributed by atoms with van der Waals surface area (Å²) in [6.07, 6.45) is 6.44. The summed E-state index contributed by atoms with van der Waals surface area (Å²) in [6.45, 7) is 8.06. The Kier molecular flexibility index (Phi) is 9.73. The van der Waals surface area contributed by atoms with E-state index in [2.05, 4.69) is 57.8 Å². The van der Waals surface area contributed by atoms with Gasteiger partial charge in [-0.2, -0.15) is 0 Å². The molecule has 0 radical (unpaired) electrons. The normalized spacial score (nSPS) is 20.0. The Morgan fingerprint density at radius 2 is 1.89 bits per heavy atom. The van der Waals surface area contributed by atoms with E-state index in [-0.39, 0.29) is 24.0 Å². The molecule has 0 spiro atoms. The second-order valence-corrected chi connectivity index (χ2v) is 9.23. The fourth-order valence-corrected chi connectivity index (χ4v) is 4.87. The summed E-state index contributed by atoms with van der Waals surface area (Å²) in [5.41, 5.74) is 0. The van der Waals surface area contributed by atoms with Crippen LogP contribution in [0.3, 0.4) is 0 Å². The van der Waals surface area contributed by atoms with Gasteiger partial charge in [0.2, 0.25) is 0 Å². The molecule has 0 aromatic heterocycles. The number of benzene rings is 1. The molecule has 1 aromatic carbocycles. The molecule has 2 N–H and O–H groups in total. The number of halogens is 1. The Bertz CT molecular complexity index is 569. The molecular formula is C21H35IN4S. The van der Waals surface area contributed by atoms with Crippen LogP contribution in [-0.2, 0) is 0 Å². The van der Waals surface area contributed by atoms with Crippen LogP contribution in [0.15, 0.2) is 40.2 Å². The monoisotopic (exact) mass is 502 g/mol. The molecule has 3 rings (SSSR count). The molecule has 1 aliphatic carbocycles. The molecule has 2 aliphatic rings. The number of guanidine groups is 1. The Morgan fingerprint density at radius 1 is 1.19 bits per heavy atom. The van der Waals surface area contributed by atoms with Crippen molar-refractivity contribution in [3.05, 3.63) is 30.3 Å². The van der Waals surface area contributed by atoms with Crippen molar-refractivity contribution >= 4 is 41.7 Å². The number of hydrogen-bond acceptors (Lipinski definition) is 3. The molecule has 0 amide bonds. The van der Waals surface area contributed by atoms with Gasteiger partial charge in [0, 0.05) is 29.8 Å². The summed E-state index contributed by atoms with van der Waals surface area (Å²) in [7, 11) is 1.88. The van der Waals surface area contributed by atoms with E-state index in [9.17, 15) is 0 Å². The second-order valence-electron chi connectivity index (χ2n) is 7.69. The van der Waals surface area contributed by atoms with E-state index in [4.69, 9.17) is 0 Å². The molecule has 1 heterocycles. The van der Waals surface area contributed by atoms with Crippen molar-refractivity contribution in [2.75, 3.05) is 39.8 Å². The Labute approximate surface area is 186 Å². The zero-order valence-electron chi connectivity index (χ0n) is 16.7. The van der Waals surface area contributed by atoms with E-state index in [1.165, 1.54) is 56.6 Å². The van der Waals surface area contributed by atoms with Crippen molar-refractivity contribution < 1.29 is 0 Å². The van der Waals surface area contributed by atoms with Crippen molar-refractivity contribution in [2.45, 2.75) is 48.7 Å². The summed E-state index contributed by atoms with van der Waals surface area (Å²) < 4.78 is 0.352. The summed E-state index contributed by atoms with van der Waals surface area (Å²) in [5, 5.41) is 7.13. The fraction of sp³-hybridized carbons (Fsp3) is 0.667. The van der Waals surface area contributed by atoms with E-state index >= 15 is 0 Å². The van der Waals surface area contributed by atoms with Crippen LogP contribution in [0.2, 0.25) is 0 Å². The van der Waals surface area contributed by atoms with E-state index < -0.39 is 0 Å². The molecule has 2 fully saturated rings. The van der Waals surface area contributed by atoms with Gasteiger partial charge in [-0.15, -0.1) is 35.7 Å². The summed E-state index contributed by atoms with van der Waals surface area (Å²) in [6, 6.07) is 10.8. The highest BCUT2D eigenvalue weighted by Crippen LogP contribution is 2.51. The second kappa shape index (κ2) is 11.5. The number of rotatable bonds is 8. The van der Waals surface area contributed by atoms with Crippen molar-refractivity contribution in [1.29, 1.82) is 0 Å². The molecule has 1 aromatic rings. The molecule has 27 heavy (non-hydrogen) atoms. The first-order chi connectivity index (χ1) is 12.7. The van der Waals surface area contributed by atoms with Crippen molar-refractivity contribution in [3.8, 4) is 0 Å². The molecule has 152 valence electrons. The SMILES string of the molecule is CCCN1CCC(CNC(=NC)NCC2(Sc3ccccc3)CC2)CC1.I. The lowest BCUT2D eigenvalue weighted by Crippen LogP contribution is -2.44. The van der Waals surface area contributed by atoms with Gasteiger partial charge in [-0.25, -0.2) is 0 Å². The number of thioether (sulfide) groups is 1. The van der Waals surface area contributed by atoms with Crippen LogP contribution in [0.5, 0.6) is 0 Å². The van der Waals surface area contributed by atoms with Gasteiger partial charge in [-0.3, -0.25) is 4.99 Å². The predicted molar refractivity (Wildman–Crippen MR) is 128 cm³/mol. The van der Waals surface area contributed by atoms with Crippen LogP contribution in [0, 0.1) is 5.92 Å². The average Bonchev–Trinajstić information content (AvgIpc) is 3.44. The molecule has 6 heteroatoms. The average molecular weight is 503 g/mol. The maximum absolute atomic E-state index is 4.43. The standard InChI is InChI=1S/C21H34N4S.HI/c1-3-13-25-14-9-18(10-15-25)16-23-20(22-2)24-17-21(11-12-21)26-19-7-5-4-6-8-19;/h4-8,18H,3,9-17H2,1-2H3,(H2,22,23,24);1H. The third-order valence-corrected chi connectivity index (χ3v) is 6.99. The maximum Gasteiger partial charge on any atom is 0.191 e. The highest BCUT2D eigenvalue weighted by atomic mass is 127. The summed E-state index contributed by atoms with van der Waals surface area (Å²) in [5.74, 6) is 1.73. The van der Waals surface area contributed by atoms with E-state index in [0.29, 0.717) is 4.75 Å². The lowest BCUT2D eigenvalue weighted by molar-refractivity contribution is 0.185. The maximum atomic E-state index is 4.43. The van der Waals surface area contributed by atoms with Gasteiger partial charge in [-0.05, 0) is 69.8 Å². The summed E-state index contributed by atoms with van der Waals surface area (Å²) in [4.78, 5) is 8.40. The van der Waals surface area contributed by atoms with Crippen LogP contribution in [0.4, 0.5) is 0 Å². The third kappa shape index (κ3) is 7.46. The lowest BCUT2D eigenvalue weighted by Gasteiger charge is -2.32. The quantitative estimate of drug-likeness (QED) is 0.317. The number of hydrogen-bond donors (Lipinski definition) is 2. The summed E-state index contributed by atoms with van der Waals surface area (Å²) >= 11 is 2.01. The molecule has 0 unspecified atom stereocenters. The molecule has 1 saturated carbocycles. The minimum Gasteiger partial charge on any atom is -0.356 e. The Morgan fingerprint density at radius 3 is 2.48 bits per heavy atom. The van der Waals surface area contributed by atoms with Crippen molar-refractivity contribution in [2.24, 2.45) is 10.9 Å². The fourth-order valence-electron chi connectivity index (χ4n) is 3.63. The minimum atomic E-state index is 0. The van der Waals surface area contributed by atoms with E-state index in [1.54, 1.807) is 0 Å². The smallest absolute Gasteiger partial charge is 0.191 e. The van der Waals surface area contributed by atoms with Gasteiger partial charge < -0.3 is 15.5 Å². The van der Waals surface area contributed by atoms with Crippen molar-refractivity contribution in [1.82, 2.24) is 15.5 Å². The minimum absolute atomic E-state index is 0. The first kappa shape index (κ1) is 22.8. The van der Waals surface area contributed by atoms with Gasteiger partial charge >= 0.3 is 0 Å². The number of likely N-dealkylation sites (tertiary alicyclic amines) is 1. The molecule has 1 aliphatic heterocycles. The highest BCUT2D eigenvalue weighted by Gasteiger charge is 2.43. The first-order valence-electron chi connectivity index (χ1n) is 10.1. The van der Waals surface area contributed by atoms with Crippen LogP contribution < -0.4 is 10.6 Å². The molecule has 0 bridgehead atoms. The largest absolute Gasteiger partial charge is 0.356 e. The Hall–Kier alpha value is -0.470. The van der Waals surface area contributed by atoms with Crippen LogP contribution in [-0.4, -0.2) is 55.4 Å². The van der Waals surface area contributed by atoms with Crippen molar-refractivity contribution in [3.63, 3.8) is 0 Å². The molecular weight excluding hydrogens is 467 g/mol. The van der Waals surface area contributed by atoms with Crippen LogP contribution >= 0.6 is 35.7 Å². The van der Waals surface area contributed by atoms with Gasteiger partial charge in [-0.1, -0.05) is 25.1 Å². The van der Waals surface area contributed by atoms with Crippen LogP contribution in [0.1, 0.15) is 39.0 Å². The third-order valence-electron chi connectivity index (χ3n) is 5.49. The highest BCUT2D eigenvalue weighted by molar-refractivity contribution is 14.0. The lowest BCUT2D eigenvalue weighted by atomic mass is 9.97. The number of nitrogens with one attached hydrogen (secondary N) is 2. The first-order valence-corrected chi connectivity index (χ1v) is 11.0. The predicted octanol–water partition coefficient (Wildman–Crippen LogP) is 4.22. The Balaban J connectivity index is 0.00000261.